The first-order valence-electron chi connectivity index (χ1n) is 9.62. The van der Waals surface area contributed by atoms with Crippen LogP contribution in [-0.4, -0.2) is 43.2 Å². The van der Waals surface area contributed by atoms with Gasteiger partial charge in [0.2, 0.25) is 5.91 Å². The topological polar surface area (TPSA) is 111 Å². The number of benzene rings is 1. The van der Waals surface area contributed by atoms with Crippen LogP contribution in [0.2, 0.25) is 5.15 Å². The lowest BCUT2D eigenvalue weighted by Crippen LogP contribution is -2.25. The molecular formula is C21H18ClN7O2. The number of amides is 1. The Balaban J connectivity index is 1.62. The molecule has 1 aliphatic rings. The number of nitrogens with one attached hydrogen (secondary N) is 2. The number of carbonyl (C=O) groups is 1. The standard InChI is InChI=1S/C21H18ClN7O2/c1-11-19-14(15-10-23-27-20(15)12-3-5-13(31-2)6-4-12)9-18(30)24-21(19)29(28-11)17-8-7-16(22)25-26-17/h3-8,10,14H,9H2,1-2H3,(H,23,27)(H,24,30)/t14-/m1/s1. The zero-order chi connectivity index (χ0) is 21.5. The number of nitrogens with zero attached hydrogens (tertiary/aromatic N) is 5. The fourth-order valence-corrected chi connectivity index (χ4v) is 4.05. The second-order valence-electron chi connectivity index (χ2n) is 7.21. The third kappa shape index (κ3) is 3.32. The Morgan fingerprint density at radius 2 is 1.97 bits per heavy atom. The molecule has 5 rings (SSSR count). The first-order valence-corrected chi connectivity index (χ1v) is 9.99. The van der Waals surface area contributed by atoms with Gasteiger partial charge in [0.15, 0.2) is 11.0 Å². The van der Waals surface area contributed by atoms with E-state index in [0.29, 0.717) is 11.6 Å². The smallest absolute Gasteiger partial charge is 0.226 e. The quantitative estimate of drug-likeness (QED) is 0.507. The van der Waals surface area contributed by atoms with Gasteiger partial charge >= 0.3 is 0 Å². The zero-order valence-electron chi connectivity index (χ0n) is 16.8. The highest BCUT2D eigenvalue weighted by atomic mass is 35.5. The molecule has 3 aromatic heterocycles. The number of rotatable bonds is 4. The molecule has 4 aromatic rings. The first kappa shape index (κ1) is 19.3. The summed E-state index contributed by atoms with van der Waals surface area (Å²) in [5, 5.41) is 23.2. The van der Waals surface area contributed by atoms with Crippen LogP contribution >= 0.6 is 11.6 Å². The van der Waals surface area contributed by atoms with E-state index in [-0.39, 0.29) is 23.4 Å². The summed E-state index contributed by atoms with van der Waals surface area (Å²) in [6.07, 6.45) is 2.06. The average Bonchev–Trinajstić information content (AvgIpc) is 3.39. The van der Waals surface area contributed by atoms with Crippen molar-refractivity contribution >= 4 is 23.3 Å². The van der Waals surface area contributed by atoms with Crippen molar-refractivity contribution in [2.75, 3.05) is 12.4 Å². The summed E-state index contributed by atoms with van der Waals surface area (Å²) >= 11 is 5.86. The molecule has 156 valence electrons. The van der Waals surface area contributed by atoms with E-state index in [2.05, 4.69) is 30.8 Å². The third-order valence-corrected chi connectivity index (χ3v) is 5.56. The van der Waals surface area contributed by atoms with Gasteiger partial charge in [-0.15, -0.1) is 10.2 Å². The summed E-state index contributed by atoms with van der Waals surface area (Å²) in [6, 6.07) is 11.0. The monoisotopic (exact) mass is 435 g/mol. The lowest BCUT2D eigenvalue weighted by atomic mass is 9.85. The van der Waals surface area contributed by atoms with Crippen LogP contribution in [0.15, 0.2) is 42.6 Å². The maximum Gasteiger partial charge on any atom is 0.226 e. The lowest BCUT2D eigenvalue weighted by Gasteiger charge is -2.24. The van der Waals surface area contributed by atoms with Gasteiger partial charge in [0.1, 0.15) is 11.6 Å². The Labute approximate surface area is 182 Å². The minimum atomic E-state index is -0.214. The van der Waals surface area contributed by atoms with E-state index in [0.717, 1.165) is 33.8 Å². The number of methoxy groups -OCH3 is 1. The molecule has 0 fully saturated rings. The van der Waals surface area contributed by atoms with Crippen LogP contribution in [0.25, 0.3) is 17.1 Å². The Bertz CT molecular complexity index is 1260. The molecule has 1 aromatic carbocycles. The average molecular weight is 436 g/mol. The SMILES string of the molecule is COc1ccc(-c2[nH]ncc2[C@H]2CC(=O)Nc3c2c(C)nn3-c2ccc(Cl)nn2)cc1. The van der Waals surface area contributed by atoms with E-state index < -0.39 is 0 Å². The van der Waals surface area contributed by atoms with E-state index in [4.69, 9.17) is 16.3 Å². The number of hydrogen-bond acceptors (Lipinski definition) is 6. The Hall–Kier alpha value is -3.72. The van der Waals surface area contributed by atoms with Crippen molar-refractivity contribution in [2.45, 2.75) is 19.3 Å². The van der Waals surface area contributed by atoms with Gasteiger partial charge in [-0.2, -0.15) is 14.9 Å². The van der Waals surface area contributed by atoms with E-state index in [1.54, 1.807) is 30.1 Å². The summed E-state index contributed by atoms with van der Waals surface area (Å²) < 4.78 is 6.84. The van der Waals surface area contributed by atoms with Crippen LogP contribution in [0.4, 0.5) is 5.82 Å². The van der Waals surface area contributed by atoms with E-state index >= 15 is 0 Å². The largest absolute Gasteiger partial charge is 0.497 e. The second kappa shape index (κ2) is 7.51. The molecule has 1 aliphatic heterocycles. The maximum atomic E-state index is 12.7. The van der Waals surface area contributed by atoms with Gasteiger partial charge in [0.05, 0.1) is 24.7 Å². The van der Waals surface area contributed by atoms with Crippen molar-refractivity contribution in [3.05, 3.63) is 64.6 Å². The van der Waals surface area contributed by atoms with Crippen molar-refractivity contribution in [3.63, 3.8) is 0 Å². The van der Waals surface area contributed by atoms with Crippen molar-refractivity contribution in [1.82, 2.24) is 30.2 Å². The molecule has 0 saturated carbocycles. The van der Waals surface area contributed by atoms with Crippen LogP contribution in [-0.2, 0) is 4.79 Å². The molecule has 0 aliphatic carbocycles. The Morgan fingerprint density at radius 1 is 1.16 bits per heavy atom. The molecule has 0 spiro atoms. The molecule has 31 heavy (non-hydrogen) atoms. The van der Waals surface area contributed by atoms with Gasteiger partial charge < -0.3 is 10.1 Å². The highest BCUT2D eigenvalue weighted by Gasteiger charge is 2.35. The van der Waals surface area contributed by atoms with Crippen molar-refractivity contribution in [1.29, 1.82) is 0 Å². The van der Waals surface area contributed by atoms with E-state index in [1.165, 1.54) is 0 Å². The molecular weight excluding hydrogens is 418 g/mol. The van der Waals surface area contributed by atoms with Crippen molar-refractivity contribution in [2.24, 2.45) is 0 Å². The van der Waals surface area contributed by atoms with Crippen LogP contribution < -0.4 is 10.1 Å². The van der Waals surface area contributed by atoms with Crippen molar-refractivity contribution in [3.8, 4) is 22.8 Å². The molecule has 0 saturated heterocycles. The Kier molecular flexibility index (Phi) is 4.67. The summed E-state index contributed by atoms with van der Waals surface area (Å²) in [4.78, 5) is 12.7. The molecule has 1 amide bonds. The summed E-state index contributed by atoms with van der Waals surface area (Å²) in [7, 11) is 1.63. The summed E-state index contributed by atoms with van der Waals surface area (Å²) in [5.41, 5.74) is 4.44. The highest BCUT2D eigenvalue weighted by molar-refractivity contribution is 6.29. The highest BCUT2D eigenvalue weighted by Crippen LogP contribution is 2.42. The fourth-order valence-electron chi connectivity index (χ4n) is 3.95. The molecule has 10 heteroatoms. The number of fused-ring (bicyclic) bond motifs is 1. The zero-order valence-corrected chi connectivity index (χ0v) is 17.5. The number of H-pyrrole nitrogens is 1. The number of halogens is 1. The van der Waals surface area contributed by atoms with E-state index in [1.807, 2.05) is 31.2 Å². The normalized spacial score (nSPS) is 15.5. The lowest BCUT2D eigenvalue weighted by molar-refractivity contribution is -0.116. The number of ether oxygens (including phenoxy) is 1. The van der Waals surface area contributed by atoms with Gasteiger partial charge in [-0.05, 0) is 43.3 Å². The number of aromatic nitrogens is 6. The molecule has 0 bridgehead atoms. The minimum Gasteiger partial charge on any atom is -0.497 e. The maximum absolute atomic E-state index is 12.7. The molecule has 1 atom stereocenters. The second-order valence-corrected chi connectivity index (χ2v) is 7.59. The fraction of sp³-hybridized carbons (Fsp3) is 0.190. The predicted molar refractivity (Wildman–Crippen MR) is 115 cm³/mol. The third-order valence-electron chi connectivity index (χ3n) is 5.36. The van der Waals surface area contributed by atoms with E-state index in [9.17, 15) is 4.79 Å². The van der Waals surface area contributed by atoms with Crippen LogP contribution in [0, 0.1) is 6.92 Å². The summed E-state index contributed by atoms with van der Waals surface area (Å²) in [5.74, 6) is 1.50. The number of aromatic amines is 1. The molecule has 4 heterocycles. The minimum absolute atomic E-state index is 0.109. The van der Waals surface area contributed by atoms with Gasteiger partial charge in [-0.1, -0.05) is 11.6 Å². The molecule has 0 radical (unpaired) electrons. The van der Waals surface area contributed by atoms with Crippen LogP contribution in [0.5, 0.6) is 5.75 Å². The van der Waals surface area contributed by atoms with Crippen molar-refractivity contribution < 1.29 is 9.53 Å². The van der Waals surface area contributed by atoms with Gasteiger partial charge in [-0.3, -0.25) is 9.89 Å². The van der Waals surface area contributed by atoms with Crippen LogP contribution in [0.1, 0.15) is 29.2 Å². The Morgan fingerprint density at radius 3 is 2.68 bits per heavy atom. The van der Waals surface area contributed by atoms with Crippen LogP contribution in [0.3, 0.4) is 0 Å². The number of anilines is 1. The molecule has 9 nitrogen and oxygen atoms in total. The first-order chi connectivity index (χ1) is 15.0. The van der Waals surface area contributed by atoms with Gasteiger partial charge in [-0.25, -0.2) is 0 Å². The molecule has 0 unspecified atom stereocenters. The number of carbonyl (C=O) groups excluding carboxylic acids is 1. The number of hydrogen-bond donors (Lipinski definition) is 2. The predicted octanol–water partition coefficient (Wildman–Crippen LogP) is 3.50. The number of aryl methyl sites for hydroxylation is 1. The van der Waals surface area contributed by atoms with Gasteiger partial charge in [0, 0.05) is 29.0 Å². The van der Waals surface area contributed by atoms with Gasteiger partial charge in [0.25, 0.3) is 0 Å². The summed E-state index contributed by atoms with van der Waals surface area (Å²) in [6.45, 7) is 1.91. The molecule has 2 N–H and O–H groups in total.